The summed E-state index contributed by atoms with van der Waals surface area (Å²) in [5, 5.41) is 0. The van der Waals surface area contributed by atoms with Crippen molar-refractivity contribution in [1.29, 1.82) is 0 Å². The quantitative estimate of drug-likeness (QED) is 0.757. The summed E-state index contributed by atoms with van der Waals surface area (Å²) < 4.78 is 7.51. The molecule has 0 fully saturated rings. The second-order valence-corrected chi connectivity index (χ2v) is 4.62. The van der Waals surface area contributed by atoms with Gasteiger partial charge in [-0.1, -0.05) is 15.9 Å². The molecule has 0 aliphatic heterocycles. The van der Waals surface area contributed by atoms with Crippen molar-refractivity contribution in [3.63, 3.8) is 0 Å². The molecule has 0 aromatic heterocycles. The van der Waals surface area contributed by atoms with Gasteiger partial charge in [-0.2, -0.15) is 0 Å². The molecule has 13 heavy (non-hydrogen) atoms. The van der Waals surface area contributed by atoms with E-state index in [0.717, 1.165) is 14.7 Å². The maximum atomic E-state index is 5.32. The first kappa shape index (κ1) is 11.1. The molecule has 0 saturated carbocycles. The van der Waals surface area contributed by atoms with E-state index in [-0.39, 0.29) is 0 Å². The van der Waals surface area contributed by atoms with Crippen molar-refractivity contribution >= 4 is 31.9 Å². The van der Waals surface area contributed by atoms with Gasteiger partial charge in [0.05, 0.1) is 11.6 Å². The van der Waals surface area contributed by atoms with Crippen LogP contribution in [0.1, 0.15) is 16.7 Å². The minimum Gasteiger partial charge on any atom is -0.495 e. The number of methoxy groups -OCH3 is 1. The summed E-state index contributed by atoms with van der Waals surface area (Å²) in [4.78, 5) is 0. The molecule has 3 heteroatoms. The van der Waals surface area contributed by atoms with Crippen LogP contribution >= 0.6 is 31.9 Å². The van der Waals surface area contributed by atoms with E-state index < -0.39 is 0 Å². The lowest BCUT2D eigenvalue weighted by Crippen LogP contribution is -1.95. The fraction of sp³-hybridized carbons (Fsp3) is 0.400. The molecule has 0 aliphatic rings. The lowest BCUT2D eigenvalue weighted by molar-refractivity contribution is 0.408. The molecule has 0 saturated heterocycles. The predicted molar refractivity (Wildman–Crippen MR) is 62.6 cm³/mol. The van der Waals surface area contributed by atoms with Crippen LogP contribution < -0.4 is 4.74 Å². The maximum absolute atomic E-state index is 5.32. The van der Waals surface area contributed by atoms with Gasteiger partial charge in [0, 0.05) is 4.47 Å². The van der Waals surface area contributed by atoms with Gasteiger partial charge in [-0.15, -0.1) is 0 Å². The summed E-state index contributed by atoms with van der Waals surface area (Å²) in [5.41, 5.74) is 3.59. The average Bonchev–Trinajstić information content (AvgIpc) is 2.13. The third-order valence-corrected chi connectivity index (χ3v) is 4.44. The minimum atomic E-state index is 0.929. The SMILES string of the molecule is COc1c(C)c(C)c(Br)c(C)c1Br. The van der Waals surface area contributed by atoms with Crippen LogP contribution in [0.25, 0.3) is 0 Å². The number of ether oxygens (including phenoxy) is 1. The topological polar surface area (TPSA) is 9.23 Å². The second kappa shape index (κ2) is 4.01. The zero-order valence-corrected chi connectivity index (χ0v) is 11.3. The van der Waals surface area contributed by atoms with Gasteiger partial charge >= 0.3 is 0 Å². The summed E-state index contributed by atoms with van der Waals surface area (Å²) in [6.45, 7) is 6.20. The highest BCUT2D eigenvalue weighted by molar-refractivity contribution is 9.11. The van der Waals surface area contributed by atoms with Crippen LogP contribution in [0.3, 0.4) is 0 Å². The Kier molecular flexibility index (Phi) is 3.41. The summed E-state index contributed by atoms with van der Waals surface area (Å²) >= 11 is 7.08. The molecule has 0 N–H and O–H groups in total. The second-order valence-electron chi connectivity index (χ2n) is 3.04. The van der Waals surface area contributed by atoms with E-state index in [0.29, 0.717) is 0 Å². The molecule has 72 valence electrons. The summed E-state index contributed by atoms with van der Waals surface area (Å²) in [5.74, 6) is 0.929. The molecule has 0 bridgehead atoms. The Morgan fingerprint density at radius 3 is 1.85 bits per heavy atom. The summed E-state index contributed by atoms with van der Waals surface area (Å²) in [6.07, 6.45) is 0. The number of hydrogen-bond acceptors (Lipinski definition) is 1. The molecule has 0 radical (unpaired) electrons. The molecule has 0 aliphatic carbocycles. The third-order valence-electron chi connectivity index (χ3n) is 2.29. The Morgan fingerprint density at radius 2 is 1.38 bits per heavy atom. The molecular formula is C10H12Br2O. The predicted octanol–water partition coefficient (Wildman–Crippen LogP) is 4.15. The lowest BCUT2D eigenvalue weighted by Gasteiger charge is -2.14. The molecule has 1 aromatic rings. The number of hydrogen-bond donors (Lipinski definition) is 0. The van der Waals surface area contributed by atoms with Crippen LogP contribution in [-0.2, 0) is 0 Å². The maximum Gasteiger partial charge on any atom is 0.136 e. The van der Waals surface area contributed by atoms with E-state index in [1.54, 1.807) is 7.11 Å². The molecule has 0 heterocycles. The largest absolute Gasteiger partial charge is 0.495 e. The van der Waals surface area contributed by atoms with E-state index >= 15 is 0 Å². The van der Waals surface area contributed by atoms with Gasteiger partial charge in [-0.3, -0.25) is 0 Å². The van der Waals surface area contributed by atoms with E-state index in [9.17, 15) is 0 Å². The first-order chi connectivity index (χ1) is 6.00. The highest BCUT2D eigenvalue weighted by Crippen LogP contribution is 2.39. The van der Waals surface area contributed by atoms with E-state index in [2.05, 4.69) is 52.6 Å². The van der Waals surface area contributed by atoms with Crippen LogP contribution in [0.15, 0.2) is 8.95 Å². The van der Waals surface area contributed by atoms with Crippen molar-refractivity contribution in [1.82, 2.24) is 0 Å². The molecule has 0 amide bonds. The monoisotopic (exact) mass is 306 g/mol. The molecule has 0 atom stereocenters. The van der Waals surface area contributed by atoms with Crippen LogP contribution in [0.5, 0.6) is 5.75 Å². The van der Waals surface area contributed by atoms with Gasteiger partial charge in [-0.05, 0) is 53.4 Å². The number of halogens is 2. The molecule has 1 aromatic carbocycles. The van der Waals surface area contributed by atoms with Crippen molar-refractivity contribution < 1.29 is 4.74 Å². The van der Waals surface area contributed by atoms with Crippen molar-refractivity contribution in [2.24, 2.45) is 0 Å². The molecular weight excluding hydrogens is 296 g/mol. The fourth-order valence-electron chi connectivity index (χ4n) is 1.29. The molecule has 0 spiro atoms. The van der Waals surface area contributed by atoms with Crippen molar-refractivity contribution in [2.45, 2.75) is 20.8 Å². The Morgan fingerprint density at radius 1 is 0.846 bits per heavy atom. The van der Waals surface area contributed by atoms with Crippen LogP contribution in [0, 0.1) is 20.8 Å². The zero-order valence-electron chi connectivity index (χ0n) is 8.16. The van der Waals surface area contributed by atoms with Crippen molar-refractivity contribution in [3.05, 3.63) is 25.6 Å². The van der Waals surface area contributed by atoms with Gasteiger partial charge < -0.3 is 4.74 Å². The first-order valence-electron chi connectivity index (χ1n) is 3.99. The first-order valence-corrected chi connectivity index (χ1v) is 5.58. The highest BCUT2D eigenvalue weighted by Gasteiger charge is 2.13. The van der Waals surface area contributed by atoms with Gasteiger partial charge in [-0.25, -0.2) is 0 Å². The molecule has 0 unspecified atom stereocenters. The van der Waals surface area contributed by atoms with Crippen LogP contribution in [-0.4, -0.2) is 7.11 Å². The lowest BCUT2D eigenvalue weighted by atomic mass is 10.1. The van der Waals surface area contributed by atoms with Gasteiger partial charge in [0.25, 0.3) is 0 Å². The van der Waals surface area contributed by atoms with E-state index in [1.807, 2.05) is 0 Å². The Labute approximate surface area is 95.7 Å². The minimum absolute atomic E-state index is 0.929. The van der Waals surface area contributed by atoms with Gasteiger partial charge in [0.15, 0.2) is 0 Å². The van der Waals surface area contributed by atoms with Gasteiger partial charge in [0.2, 0.25) is 0 Å². The summed E-state index contributed by atoms with van der Waals surface area (Å²) in [6, 6.07) is 0. The standard InChI is InChI=1S/C10H12Br2O/c1-5-6(2)10(13-4)9(12)7(3)8(5)11/h1-4H3. The molecule has 1 rings (SSSR count). The Hall–Kier alpha value is -0.0200. The van der Waals surface area contributed by atoms with Crippen molar-refractivity contribution in [2.75, 3.05) is 7.11 Å². The van der Waals surface area contributed by atoms with E-state index in [4.69, 9.17) is 4.74 Å². The van der Waals surface area contributed by atoms with Crippen molar-refractivity contribution in [3.8, 4) is 5.75 Å². The summed E-state index contributed by atoms with van der Waals surface area (Å²) in [7, 11) is 1.69. The average molecular weight is 308 g/mol. The molecule has 1 nitrogen and oxygen atoms in total. The van der Waals surface area contributed by atoms with Crippen LogP contribution in [0.4, 0.5) is 0 Å². The normalized spacial score (nSPS) is 10.3. The smallest absolute Gasteiger partial charge is 0.136 e. The van der Waals surface area contributed by atoms with E-state index in [1.165, 1.54) is 16.7 Å². The number of benzene rings is 1. The number of rotatable bonds is 1. The fourth-order valence-corrected chi connectivity index (χ4v) is 2.71. The van der Waals surface area contributed by atoms with Gasteiger partial charge in [0.1, 0.15) is 5.75 Å². The highest BCUT2D eigenvalue weighted by atomic mass is 79.9. The van der Waals surface area contributed by atoms with Crippen LogP contribution in [0.2, 0.25) is 0 Å². The zero-order chi connectivity index (χ0) is 10.2. The Balaban J connectivity index is 3.56. The third kappa shape index (κ3) is 1.77. The Bertz CT molecular complexity index is 316.